The van der Waals surface area contributed by atoms with Gasteiger partial charge in [0.05, 0.1) is 4.92 Å². The summed E-state index contributed by atoms with van der Waals surface area (Å²) in [5.74, 6) is -4.31. The molecule has 0 aliphatic rings. The lowest BCUT2D eigenvalue weighted by molar-refractivity contribution is -0.384. The quantitative estimate of drug-likeness (QED) is 0.510. The van der Waals surface area contributed by atoms with Gasteiger partial charge < -0.3 is 15.3 Å². The third-order valence-corrected chi connectivity index (χ3v) is 1.77. The van der Waals surface area contributed by atoms with Gasteiger partial charge in [-0.2, -0.15) is 0 Å². The van der Waals surface area contributed by atoms with Crippen molar-refractivity contribution >= 4 is 17.6 Å². The van der Waals surface area contributed by atoms with Crippen molar-refractivity contribution in [3.63, 3.8) is 0 Å². The Hall–Kier alpha value is -2.64. The molecule has 0 saturated carbocycles. The van der Waals surface area contributed by atoms with Gasteiger partial charge in [0.1, 0.15) is 16.9 Å². The predicted molar refractivity (Wildman–Crippen MR) is 48.7 cm³/mol. The van der Waals surface area contributed by atoms with Crippen molar-refractivity contribution in [1.82, 2.24) is 0 Å². The molecule has 0 atom stereocenters. The number of carbonyl (C=O) groups is 2. The SMILES string of the molecule is O=C(O)c1cc([N+](=O)[O-])cc(C(=O)O)c1O. The first-order valence-electron chi connectivity index (χ1n) is 3.82. The van der Waals surface area contributed by atoms with Gasteiger partial charge in [-0.25, -0.2) is 9.59 Å². The minimum atomic E-state index is -1.65. The molecule has 1 rings (SSSR count). The zero-order chi connectivity index (χ0) is 12.5. The largest absolute Gasteiger partial charge is 0.506 e. The summed E-state index contributed by atoms with van der Waals surface area (Å²) in [6, 6.07) is 1.17. The molecule has 8 heteroatoms. The maximum atomic E-state index is 10.6. The number of benzene rings is 1. The third-order valence-electron chi connectivity index (χ3n) is 1.77. The number of nitrogens with zero attached hydrogens (tertiary/aromatic N) is 1. The fourth-order valence-corrected chi connectivity index (χ4v) is 1.05. The molecule has 1 aromatic rings. The van der Waals surface area contributed by atoms with E-state index in [9.17, 15) is 24.8 Å². The maximum Gasteiger partial charge on any atom is 0.339 e. The molecular formula is C8H5NO7. The molecule has 3 N–H and O–H groups in total. The maximum absolute atomic E-state index is 10.6. The lowest BCUT2D eigenvalue weighted by Crippen LogP contribution is -2.05. The molecular weight excluding hydrogens is 222 g/mol. The molecule has 0 unspecified atom stereocenters. The van der Waals surface area contributed by atoms with E-state index in [4.69, 9.17) is 10.2 Å². The summed E-state index contributed by atoms with van der Waals surface area (Å²) in [6.45, 7) is 0. The van der Waals surface area contributed by atoms with E-state index in [2.05, 4.69) is 0 Å². The molecule has 0 fully saturated rings. The predicted octanol–water partition coefficient (Wildman–Crippen LogP) is 0.697. The second-order valence-corrected chi connectivity index (χ2v) is 2.76. The van der Waals surface area contributed by atoms with Gasteiger partial charge in [-0.1, -0.05) is 0 Å². The summed E-state index contributed by atoms with van der Waals surface area (Å²) >= 11 is 0. The Kier molecular flexibility index (Phi) is 2.75. The van der Waals surface area contributed by atoms with Gasteiger partial charge in [0.2, 0.25) is 0 Å². The van der Waals surface area contributed by atoms with Crippen molar-refractivity contribution in [3.05, 3.63) is 33.4 Å². The minimum Gasteiger partial charge on any atom is -0.506 e. The number of nitro groups is 1. The lowest BCUT2D eigenvalue weighted by atomic mass is 10.1. The summed E-state index contributed by atoms with van der Waals surface area (Å²) in [6.07, 6.45) is 0. The van der Waals surface area contributed by atoms with Crippen LogP contribution in [0.15, 0.2) is 12.1 Å². The first kappa shape index (κ1) is 11.4. The Balaban J connectivity index is 3.57. The van der Waals surface area contributed by atoms with Crippen molar-refractivity contribution in [1.29, 1.82) is 0 Å². The van der Waals surface area contributed by atoms with Crippen LogP contribution in [-0.2, 0) is 0 Å². The van der Waals surface area contributed by atoms with Crippen LogP contribution in [0.3, 0.4) is 0 Å². The van der Waals surface area contributed by atoms with Crippen LogP contribution < -0.4 is 0 Å². The zero-order valence-corrected chi connectivity index (χ0v) is 7.58. The van der Waals surface area contributed by atoms with E-state index in [1.165, 1.54) is 0 Å². The number of non-ortho nitro benzene ring substituents is 1. The molecule has 1 aromatic carbocycles. The number of aromatic carboxylic acids is 2. The van der Waals surface area contributed by atoms with Crippen molar-refractivity contribution in [3.8, 4) is 5.75 Å². The highest BCUT2D eigenvalue weighted by Crippen LogP contribution is 2.28. The molecule has 0 aliphatic carbocycles. The average Bonchev–Trinajstić information content (AvgIpc) is 2.16. The summed E-state index contributed by atoms with van der Waals surface area (Å²) in [5.41, 5.74) is -2.37. The van der Waals surface area contributed by atoms with Crippen molar-refractivity contribution in [2.24, 2.45) is 0 Å². The highest BCUT2D eigenvalue weighted by Gasteiger charge is 2.23. The molecule has 8 nitrogen and oxygen atoms in total. The number of carboxylic acid groups (broad SMARTS) is 2. The molecule has 0 aromatic heterocycles. The van der Waals surface area contributed by atoms with Crippen LogP contribution in [0.2, 0.25) is 0 Å². The van der Waals surface area contributed by atoms with Crippen LogP contribution in [0.4, 0.5) is 5.69 Å². The molecule has 0 bridgehead atoms. The molecule has 0 aliphatic heterocycles. The lowest BCUT2D eigenvalue weighted by Gasteiger charge is -2.03. The summed E-state index contributed by atoms with van der Waals surface area (Å²) < 4.78 is 0. The van der Waals surface area contributed by atoms with E-state index in [0.29, 0.717) is 12.1 Å². The van der Waals surface area contributed by atoms with Gasteiger partial charge in [0.25, 0.3) is 5.69 Å². The normalized spacial score (nSPS) is 9.75. The Bertz CT molecular complexity index is 458. The Morgan fingerprint density at radius 1 is 1.12 bits per heavy atom. The van der Waals surface area contributed by atoms with Crippen LogP contribution >= 0.6 is 0 Å². The van der Waals surface area contributed by atoms with Crippen LogP contribution in [-0.4, -0.2) is 32.2 Å². The topological polar surface area (TPSA) is 138 Å². The summed E-state index contributed by atoms with van der Waals surface area (Å²) in [7, 11) is 0. The first-order valence-corrected chi connectivity index (χ1v) is 3.82. The van der Waals surface area contributed by atoms with E-state index >= 15 is 0 Å². The van der Waals surface area contributed by atoms with E-state index in [1.54, 1.807) is 0 Å². The van der Waals surface area contributed by atoms with Crippen LogP contribution in [0.1, 0.15) is 20.7 Å². The van der Waals surface area contributed by atoms with Crippen molar-refractivity contribution in [2.45, 2.75) is 0 Å². The number of nitro benzene ring substituents is 1. The van der Waals surface area contributed by atoms with E-state index in [1.807, 2.05) is 0 Å². The van der Waals surface area contributed by atoms with Gasteiger partial charge in [-0.15, -0.1) is 0 Å². The Labute approximate surface area is 87.5 Å². The molecule has 0 saturated heterocycles. The zero-order valence-electron chi connectivity index (χ0n) is 7.58. The van der Waals surface area contributed by atoms with E-state index in [-0.39, 0.29) is 0 Å². The molecule has 84 valence electrons. The van der Waals surface area contributed by atoms with Crippen LogP contribution in [0, 0.1) is 10.1 Å². The number of hydrogen-bond acceptors (Lipinski definition) is 5. The highest BCUT2D eigenvalue weighted by molar-refractivity contribution is 5.99. The summed E-state index contributed by atoms with van der Waals surface area (Å²) in [5, 5.41) is 36.9. The molecule has 0 spiro atoms. The Morgan fingerprint density at radius 2 is 1.50 bits per heavy atom. The molecule has 0 heterocycles. The summed E-state index contributed by atoms with van der Waals surface area (Å²) in [4.78, 5) is 30.6. The van der Waals surface area contributed by atoms with Crippen molar-refractivity contribution < 1.29 is 29.8 Å². The molecule has 0 amide bonds. The monoisotopic (exact) mass is 227 g/mol. The van der Waals surface area contributed by atoms with Gasteiger partial charge in [0.15, 0.2) is 0 Å². The number of aromatic hydroxyl groups is 1. The fraction of sp³-hybridized carbons (Fsp3) is 0. The second-order valence-electron chi connectivity index (χ2n) is 2.76. The number of carboxylic acids is 2. The number of rotatable bonds is 3. The molecule has 0 radical (unpaired) electrons. The number of hydrogen-bond donors (Lipinski definition) is 3. The minimum absolute atomic E-state index is 0.587. The van der Waals surface area contributed by atoms with E-state index < -0.39 is 39.4 Å². The van der Waals surface area contributed by atoms with Gasteiger partial charge >= 0.3 is 11.9 Å². The molecule has 16 heavy (non-hydrogen) atoms. The van der Waals surface area contributed by atoms with E-state index in [0.717, 1.165) is 0 Å². The standard InChI is InChI=1S/C8H5NO7/c10-6-4(7(11)12)1-3(9(15)16)2-5(6)8(13)14/h1-2,10H,(H,11,12)(H,13,14). The third kappa shape index (κ3) is 1.90. The Morgan fingerprint density at radius 3 is 1.75 bits per heavy atom. The van der Waals surface area contributed by atoms with Crippen LogP contribution in [0.5, 0.6) is 5.75 Å². The van der Waals surface area contributed by atoms with Crippen LogP contribution in [0.25, 0.3) is 0 Å². The fourth-order valence-electron chi connectivity index (χ4n) is 1.05. The smallest absolute Gasteiger partial charge is 0.339 e. The second kappa shape index (κ2) is 3.85. The van der Waals surface area contributed by atoms with Crippen molar-refractivity contribution in [2.75, 3.05) is 0 Å². The average molecular weight is 227 g/mol. The highest BCUT2D eigenvalue weighted by atomic mass is 16.6. The number of phenols is 1. The van der Waals surface area contributed by atoms with Gasteiger partial charge in [0, 0.05) is 12.1 Å². The van der Waals surface area contributed by atoms with Gasteiger partial charge in [-0.05, 0) is 0 Å². The first-order chi connectivity index (χ1) is 7.34. The van der Waals surface area contributed by atoms with Gasteiger partial charge in [-0.3, -0.25) is 10.1 Å².